The Hall–Kier alpha value is -1.96. The Morgan fingerprint density at radius 1 is 1.38 bits per heavy atom. The van der Waals surface area contributed by atoms with Crippen LogP contribution in [0.2, 0.25) is 0 Å². The number of nitrogen functional groups attached to an aromatic ring is 1. The topological polar surface area (TPSA) is 73.6 Å². The third-order valence-electron chi connectivity index (χ3n) is 2.52. The molecule has 0 heterocycles. The molecule has 0 unspecified atom stereocenters. The summed E-state index contributed by atoms with van der Waals surface area (Å²) in [5.74, 6) is -0.931. The van der Waals surface area contributed by atoms with E-state index in [0.29, 0.717) is 19.6 Å². The fourth-order valence-electron chi connectivity index (χ4n) is 1.53. The van der Waals surface area contributed by atoms with E-state index < -0.39 is 30.0 Å². The molecular weight excluding hydrogens is 289 g/mol. The normalized spacial score (nSPS) is 11.2. The molecule has 0 atom stereocenters. The van der Waals surface area contributed by atoms with Gasteiger partial charge >= 0.3 is 6.18 Å². The van der Waals surface area contributed by atoms with Gasteiger partial charge in [-0.2, -0.15) is 13.2 Å². The molecule has 1 aromatic carbocycles. The van der Waals surface area contributed by atoms with Crippen LogP contribution in [-0.2, 0) is 15.7 Å². The summed E-state index contributed by atoms with van der Waals surface area (Å²) < 4.78 is 48.1. The molecule has 3 N–H and O–H groups in total. The van der Waals surface area contributed by atoms with Crippen molar-refractivity contribution in [3.63, 3.8) is 0 Å². The van der Waals surface area contributed by atoms with E-state index in [9.17, 15) is 18.0 Å². The predicted molar refractivity (Wildman–Crippen MR) is 70.9 cm³/mol. The number of rotatable bonds is 7. The number of methoxy groups -OCH3 is 1. The molecule has 0 radical (unpaired) electrons. The number of hydrogen-bond acceptors (Lipinski definition) is 4. The number of nitrogens with two attached hydrogens (primary N) is 1. The van der Waals surface area contributed by atoms with Gasteiger partial charge < -0.3 is 20.5 Å². The molecule has 0 aliphatic heterocycles. The number of hydrogen-bond donors (Lipinski definition) is 2. The van der Waals surface area contributed by atoms with Gasteiger partial charge in [0.05, 0.1) is 5.56 Å². The molecule has 5 nitrogen and oxygen atoms in total. The summed E-state index contributed by atoms with van der Waals surface area (Å²) in [6.45, 7) is 0.348. The molecule has 0 aliphatic rings. The van der Waals surface area contributed by atoms with E-state index in [1.54, 1.807) is 0 Å². The molecule has 0 bridgehead atoms. The van der Waals surface area contributed by atoms with Crippen LogP contribution in [0.5, 0.6) is 5.75 Å². The average Bonchev–Trinajstić information content (AvgIpc) is 2.41. The van der Waals surface area contributed by atoms with Crippen LogP contribution in [0.3, 0.4) is 0 Å². The van der Waals surface area contributed by atoms with E-state index in [1.165, 1.54) is 13.2 Å². The minimum absolute atomic E-state index is 0.0290. The van der Waals surface area contributed by atoms with Crippen molar-refractivity contribution in [3.8, 4) is 5.75 Å². The average molecular weight is 306 g/mol. The minimum Gasteiger partial charge on any atom is -0.483 e. The minimum atomic E-state index is -4.60. The summed E-state index contributed by atoms with van der Waals surface area (Å²) in [7, 11) is 1.53. The standard InChI is InChI=1S/C13H17F3N2O3/c1-20-6-2-5-18-12(19)8-21-11-4-3-9(17)7-10(11)13(14,15)16/h3-4,7H,2,5-6,8,17H2,1H3,(H,18,19). The van der Waals surface area contributed by atoms with E-state index >= 15 is 0 Å². The number of alkyl halides is 3. The van der Waals surface area contributed by atoms with Crippen molar-refractivity contribution >= 4 is 11.6 Å². The lowest BCUT2D eigenvalue weighted by Crippen LogP contribution is -2.30. The second-order valence-electron chi connectivity index (χ2n) is 4.24. The van der Waals surface area contributed by atoms with Gasteiger partial charge in [0.2, 0.25) is 0 Å². The third-order valence-corrected chi connectivity index (χ3v) is 2.52. The van der Waals surface area contributed by atoms with Crippen LogP contribution in [0, 0.1) is 0 Å². The molecular formula is C13H17F3N2O3. The maximum atomic E-state index is 12.8. The van der Waals surface area contributed by atoms with E-state index in [-0.39, 0.29) is 5.69 Å². The number of carbonyl (C=O) groups excluding carboxylic acids is 1. The Morgan fingerprint density at radius 3 is 2.71 bits per heavy atom. The SMILES string of the molecule is COCCCNC(=O)COc1ccc(N)cc1C(F)(F)F. The fourth-order valence-corrected chi connectivity index (χ4v) is 1.53. The first-order chi connectivity index (χ1) is 9.84. The molecule has 0 saturated carbocycles. The second kappa shape index (κ2) is 7.72. The zero-order valence-corrected chi connectivity index (χ0v) is 11.5. The van der Waals surface area contributed by atoms with Crippen molar-refractivity contribution in [1.82, 2.24) is 5.32 Å². The first-order valence-corrected chi connectivity index (χ1v) is 6.19. The Kier molecular flexibility index (Phi) is 6.29. The zero-order valence-electron chi connectivity index (χ0n) is 11.5. The Balaban J connectivity index is 2.57. The maximum absolute atomic E-state index is 12.8. The summed E-state index contributed by atoms with van der Waals surface area (Å²) >= 11 is 0. The number of benzene rings is 1. The molecule has 0 spiro atoms. The smallest absolute Gasteiger partial charge is 0.420 e. The molecule has 8 heteroatoms. The lowest BCUT2D eigenvalue weighted by atomic mass is 10.1. The number of carbonyl (C=O) groups is 1. The van der Waals surface area contributed by atoms with Crippen LogP contribution in [0.1, 0.15) is 12.0 Å². The van der Waals surface area contributed by atoms with Crippen LogP contribution in [0.4, 0.5) is 18.9 Å². The lowest BCUT2D eigenvalue weighted by molar-refractivity contribution is -0.139. The quantitative estimate of drug-likeness (QED) is 0.595. The highest BCUT2D eigenvalue weighted by Crippen LogP contribution is 2.37. The van der Waals surface area contributed by atoms with Crippen molar-refractivity contribution in [3.05, 3.63) is 23.8 Å². The maximum Gasteiger partial charge on any atom is 0.420 e. The van der Waals surface area contributed by atoms with Crippen molar-refractivity contribution in [1.29, 1.82) is 0 Å². The van der Waals surface area contributed by atoms with Crippen LogP contribution >= 0.6 is 0 Å². The summed E-state index contributed by atoms with van der Waals surface area (Å²) in [6.07, 6.45) is -3.99. The van der Waals surface area contributed by atoms with Crippen LogP contribution in [0.15, 0.2) is 18.2 Å². The Labute approximate surface area is 120 Å². The first-order valence-electron chi connectivity index (χ1n) is 6.19. The number of ether oxygens (including phenoxy) is 2. The van der Waals surface area contributed by atoms with Gasteiger partial charge in [0.15, 0.2) is 6.61 Å². The molecule has 0 fully saturated rings. The van der Waals surface area contributed by atoms with E-state index in [0.717, 1.165) is 12.1 Å². The van der Waals surface area contributed by atoms with Gasteiger partial charge in [0, 0.05) is 25.9 Å². The molecule has 0 aliphatic carbocycles. The summed E-state index contributed by atoms with van der Waals surface area (Å²) in [5.41, 5.74) is 4.29. The lowest BCUT2D eigenvalue weighted by Gasteiger charge is -2.14. The van der Waals surface area contributed by atoms with Gasteiger partial charge in [-0.15, -0.1) is 0 Å². The number of anilines is 1. The largest absolute Gasteiger partial charge is 0.483 e. The predicted octanol–water partition coefficient (Wildman–Crippen LogP) is 1.82. The van der Waals surface area contributed by atoms with Gasteiger partial charge in [-0.1, -0.05) is 0 Å². The zero-order chi connectivity index (χ0) is 15.9. The molecule has 1 aromatic rings. The Morgan fingerprint density at radius 2 is 2.10 bits per heavy atom. The second-order valence-corrected chi connectivity index (χ2v) is 4.24. The number of nitrogens with one attached hydrogen (secondary N) is 1. The van der Waals surface area contributed by atoms with Crippen molar-refractivity contribution in [2.75, 3.05) is 32.6 Å². The van der Waals surface area contributed by atoms with E-state index in [1.807, 2.05) is 0 Å². The molecule has 118 valence electrons. The third kappa shape index (κ3) is 5.90. The van der Waals surface area contributed by atoms with Gasteiger partial charge in [-0.05, 0) is 24.6 Å². The Bertz CT molecular complexity index is 478. The molecule has 1 amide bonds. The van der Waals surface area contributed by atoms with Crippen molar-refractivity contribution in [2.45, 2.75) is 12.6 Å². The molecule has 0 aromatic heterocycles. The highest BCUT2D eigenvalue weighted by atomic mass is 19.4. The van der Waals surface area contributed by atoms with Crippen LogP contribution in [-0.4, -0.2) is 32.8 Å². The number of amides is 1. The number of halogens is 3. The van der Waals surface area contributed by atoms with E-state index in [2.05, 4.69) is 5.32 Å². The van der Waals surface area contributed by atoms with Gasteiger partial charge in [0.25, 0.3) is 5.91 Å². The van der Waals surface area contributed by atoms with Crippen LogP contribution in [0.25, 0.3) is 0 Å². The summed E-state index contributed by atoms with van der Waals surface area (Å²) in [6, 6.07) is 3.14. The molecule has 1 rings (SSSR count). The van der Waals surface area contributed by atoms with Gasteiger partial charge in [-0.25, -0.2) is 0 Å². The molecule has 21 heavy (non-hydrogen) atoms. The monoisotopic (exact) mass is 306 g/mol. The molecule has 0 saturated heterocycles. The highest BCUT2D eigenvalue weighted by molar-refractivity contribution is 5.77. The summed E-state index contributed by atoms with van der Waals surface area (Å²) in [5, 5.41) is 2.51. The summed E-state index contributed by atoms with van der Waals surface area (Å²) in [4.78, 5) is 11.4. The first kappa shape index (κ1) is 17.1. The fraction of sp³-hybridized carbons (Fsp3) is 0.462. The van der Waals surface area contributed by atoms with Crippen molar-refractivity contribution in [2.24, 2.45) is 0 Å². The van der Waals surface area contributed by atoms with Crippen molar-refractivity contribution < 1.29 is 27.4 Å². The highest BCUT2D eigenvalue weighted by Gasteiger charge is 2.34. The van der Waals surface area contributed by atoms with Crippen LogP contribution < -0.4 is 15.8 Å². The van der Waals surface area contributed by atoms with Gasteiger partial charge in [-0.3, -0.25) is 4.79 Å². The van der Waals surface area contributed by atoms with Gasteiger partial charge in [0.1, 0.15) is 5.75 Å². The van der Waals surface area contributed by atoms with E-state index in [4.69, 9.17) is 15.2 Å².